The molecule has 2 N–H and O–H groups in total. The van der Waals surface area contributed by atoms with Crippen molar-refractivity contribution in [3.63, 3.8) is 0 Å². The molecule has 178 valence electrons. The highest BCUT2D eigenvalue weighted by molar-refractivity contribution is 5.96. The van der Waals surface area contributed by atoms with Gasteiger partial charge in [-0.25, -0.2) is 0 Å². The highest BCUT2D eigenvalue weighted by Crippen LogP contribution is 2.34. The van der Waals surface area contributed by atoms with E-state index in [1.54, 1.807) is 17.0 Å². The molecule has 0 saturated heterocycles. The number of nitrogens with one attached hydrogen (secondary N) is 2. The molecule has 2 aromatic carbocycles. The number of amides is 1. The van der Waals surface area contributed by atoms with E-state index in [9.17, 15) is 24.5 Å². The number of rotatable bonds is 1. The van der Waals surface area contributed by atoms with Gasteiger partial charge in [-0.1, -0.05) is 0 Å². The van der Waals surface area contributed by atoms with Gasteiger partial charge in [-0.05, 0) is 56.4 Å². The number of benzene rings is 2. The summed E-state index contributed by atoms with van der Waals surface area (Å²) in [6, 6.07) is 6.99. The van der Waals surface area contributed by atoms with Gasteiger partial charge in [0.1, 0.15) is 0 Å². The predicted molar refractivity (Wildman–Crippen MR) is 131 cm³/mol. The maximum absolute atomic E-state index is 11.6. The average molecular weight is 466 g/mol. The van der Waals surface area contributed by atoms with Crippen molar-refractivity contribution in [3.8, 4) is 0 Å². The summed E-state index contributed by atoms with van der Waals surface area (Å²) < 4.78 is 0. The second-order valence-electron chi connectivity index (χ2n) is 8.66. The molecule has 0 atom stereocenters. The summed E-state index contributed by atoms with van der Waals surface area (Å²) in [5.74, 6) is -0.0212. The van der Waals surface area contributed by atoms with Gasteiger partial charge >= 0.3 is 11.1 Å². The van der Waals surface area contributed by atoms with Crippen LogP contribution in [0.1, 0.15) is 36.5 Å². The van der Waals surface area contributed by atoms with Crippen LogP contribution in [0.2, 0.25) is 0 Å². The molecule has 0 saturated carbocycles. The third-order valence-corrected chi connectivity index (χ3v) is 6.53. The van der Waals surface area contributed by atoms with Gasteiger partial charge in [-0.2, -0.15) is 0 Å². The van der Waals surface area contributed by atoms with E-state index in [0.717, 1.165) is 60.3 Å². The van der Waals surface area contributed by atoms with Gasteiger partial charge in [-0.15, -0.1) is 0 Å². The molecule has 0 radical (unpaired) electrons. The first-order chi connectivity index (χ1) is 16.2. The summed E-state index contributed by atoms with van der Waals surface area (Å²) >= 11 is 0. The lowest BCUT2D eigenvalue weighted by Crippen LogP contribution is -2.34. The molecule has 10 nitrogen and oxygen atoms in total. The largest absolute Gasteiger partial charge is 0.374 e. The number of carbonyl (C=O) groups is 1. The highest BCUT2D eigenvalue weighted by Gasteiger charge is 2.23. The van der Waals surface area contributed by atoms with Crippen LogP contribution in [0.15, 0.2) is 33.9 Å². The number of fused-ring (bicyclic) bond motifs is 4. The standard InChI is InChI=1S/C13H13N3O3.C11H14N2O2/c1-7(17)16-6-2-3-8-10(16)5-4-9-11(8)15-13(19)12(18)14-9;1-8-9-4-3-7-12(2)11(9)6-5-10(8)13(14)15/h4-5H,2-3,6H2,1H3,(H,14,18)(H,15,19);5-6H,3-4,7H2,1-2H3. The van der Waals surface area contributed by atoms with Crippen molar-refractivity contribution in [3.05, 3.63) is 71.8 Å². The van der Waals surface area contributed by atoms with Crippen LogP contribution in [-0.4, -0.2) is 40.9 Å². The first kappa shape index (κ1) is 23.2. The minimum absolute atomic E-state index is 0.0212. The summed E-state index contributed by atoms with van der Waals surface area (Å²) in [6.07, 6.45) is 3.64. The van der Waals surface area contributed by atoms with E-state index in [0.29, 0.717) is 17.6 Å². The molecule has 3 heterocycles. The smallest absolute Gasteiger partial charge is 0.314 e. The molecule has 0 fully saturated rings. The number of H-pyrrole nitrogens is 2. The second-order valence-corrected chi connectivity index (χ2v) is 8.66. The van der Waals surface area contributed by atoms with Gasteiger partial charge in [0, 0.05) is 55.6 Å². The van der Waals surface area contributed by atoms with Crippen LogP contribution in [0.4, 0.5) is 17.1 Å². The fourth-order valence-corrected chi connectivity index (χ4v) is 4.82. The van der Waals surface area contributed by atoms with Gasteiger partial charge in [0.2, 0.25) is 5.91 Å². The van der Waals surface area contributed by atoms with Crippen molar-refractivity contribution in [2.24, 2.45) is 0 Å². The zero-order valence-corrected chi connectivity index (χ0v) is 19.4. The molecular weight excluding hydrogens is 438 g/mol. The van der Waals surface area contributed by atoms with E-state index >= 15 is 0 Å². The fraction of sp³-hybridized carbons (Fsp3) is 0.375. The maximum Gasteiger partial charge on any atom is 0.314 e. The van der Waals surface area contributed by atoms with Crippen molar-refractivity contribution >= 4 is 34.0 Å². The van der Waals surface area contributed by atoms with Gasteiger partial charge in [0.15, 0.2) is 0 Å². The van der Waals surface area contributed by atoms with Crippen LogP contribution in [0, 0.1) is 17.0 Å². The number of hydrogen-bond acceptors (Lipinski definition) is 6. The molecule has 0 unspecified atom stereocenters. The molecule has 0 aliphatic carbocycles. The van der Waals surface area contributed by atoms with Crippen LogP contribution in [-0.2, 0) is 17.6 Å². The number of anilines is 2. The third-order valence-electron chi connectivity index (χ3n) is 6.53. The normalized spacial score (nSPS) is 14.7. The Labute approximate surface area is 195 Å². The van der Waals surface area contributed by atoms with Gasteiger partial charge in [-0.3, -0.25) is 24.5 Å². The Hall–Kier alpha value is -3.95. The van der Waals surface area contributed by atoms with E-state index < -0.39 is 11.1 Å². The highest BCUT2D eigenvalue weighted by atomic mass is 16.6. The summed E-state index contributed by atoms with van der Waals surface area (Å²) in [6.45, 7) is 5.08. The lowest BCUT2D eigenvalue weighted by atomic mass is 9.96. The van der Waals surface area contributed by atoms with E-state index in [4.69, 9.17) is 0 Å². The monoisotopic (exact) mass is 465 g/mol. The third kappa shape index (κ3) is 4.18. The summed E-state index contributed by atoms with van der Waals surface area (Å²) in [4.78, 5) is 53.9. The molecule has 2 aliphatic heterocycles. The number of carbonyl (C=O) groups excluding carboxylic acids is 1. The van der Waals surface area contributed by atoms with Crippen LogP contribution in [0.25, 0.3) is 11.0 Å². The van der Waals surface area contributed by atoms with Crippen molar-refractivity contribution in [2.75, 3.05) is 29.9 Å². The zero-order chi connectivity index (χ0) is 24.6. The molecule has 0 bridgehead atoms. The molecule has 1 aromatic heterocycles. The minimum atomic E-state index is -0.666. The Morgan fingerprint density at radius 1 is 0.971 bits per heavy atom. The SMILES string of the molecule is CC(=O)N1CCCc2c1ccc1[nH]c(=O)c(=O)[nH]c21.Cc1c([N+](=O)[O-])ccc2c1CCCN2C. The molecule has 34 heavy (non-hydrogen) atoms. The number of aromatic amines is 2. The molecule has 1 amide bonds. The van der Waals surface area contributed by atoms with E-state index in [1.165, 1.54) is 6.92 Å². The van der Waals surface area contributed by atoms with Crippen LogP contribution < -0.4 is 20.9 Å². The van der Waals surface area contributed by atoms with Gasteiger partial charge in [0.25, 0.3) is 5.69 Å². The molecule has 10 heteroatoms. The van der Waals surface area contributed by atoms with E-state index in [2.05, 4.69) is 14.9 Å². The quantitative estimate of drug-likeness (QED) is 0.323. The second kappa shape index (κ2) is 9.12. The molecule has 3 aromatic rings. The Morgan fingerprint density at radius 3 is 2.32 bits per heavy atom. The molecule has 5 rings (SSSR count). The summed E-state index contributed by atoms with van der Waals surface area (Å²) in [5.41, 5.74) is 4.95. The average Bonchev–Trinajstić information content (AvgIpc) is 2.80. The van der Waals surface area contributed by atoms with Crippen LogP contribution >= 0.6 is 0 Å². The molecule has 0 spiro atoms. The fourth-order valence-electron chi connectivity index (χ4n) is 4.82. The topological polar surface area (TPSA) is 132 Å². The summed E-state index contributed by atoms with van der Waals surface area (Å²) in [7, 11) is 2.03. The van der Waals surface area contributed by atoms with E-state index in [-0.39, 0.29) is 16.5 Å². The lowest BCUT2D eigenvalue weighted by molar-refractivity contribution is -0.385. The number of aromatic nitrogens is 2. The number of aryl methyl sites for hydroxylation is 1. The van der Waals surface area contributed by atoms with Gasteiger partial charge in [0.05, 0.1) is 16.0 Å². The zero-order valence-electron chi connectivity index (χ0n) is 19.4. The van der Waals surface area contributed by atoms with Crippen molar-refractivity contribution in [2.45, 2.75) is 39.5 Å². The Bertz CT molecular complexity index is 1410. The number of nitro benzene ring substituents is 1. The predicted octanol–water partition coefficient (Wildman–Crippen LogP) is 2.80. The number of nitrogens with zero attached hydrogens (tertiary/aromatic N) is 3. The first-order valence-electron chi connectivity index (χ1n) is 11.2. The lowest BCUT2D eigenvalue weighted by Gasteiger charge is -2.29. The summed E-state index contributed by atoms with van der Waals surface area (Å²) in [5, 5.41) is 10.8. The van der Waals surface area contributed by atoms with Crippen molar-refractivity contribution < 1.29 is 9.72 Å². The molecule has 2 aliphatic rings. The maximum atomic E-state index is 11.6. The van der Waals surface area contributed by atoms with Crippen molar-refractivity contribution in [1.82, 2.24) is 9.97 Å². The minimum Gasteiger partial charge on any atom is -0.374 e. The van der Waals surface area contributed by atoms with Crippen LogP contribution in [0.5, 0.6) is 0 Å². The van der Waals surface area contributed by atoms with Crippen LogP contribution in [0.3, 0.4) is 0 Å². The number of nitro groups is 1. The Balaban J connectivity index is 0.000000166. The Kier molecular flexibility index (Phi) is 6.23. The Morgan fingerprint density at radius 2 is 1.62 bits per heavy atom. The number of hydrogen-bond donors (Lipinski definition) is 2. The first-order valence-corrected chi connectivity index (χ1v) is 11.2. The van der Waals surface area contributed by atoms with Gasteiger partial charge < -0.3 is 19.8 Å². The van der Waals surface area contributed by atoms with E-state index in [1.807, 2.05) is 26.1 Å². The van der Waals surface area contributed by atoms with Crippen molar-refractivity contribution in [1.29, 1.82) is 0 Å². The molecular formula is C24H27N5O5.